The van der Waals surface area contributed by atoms with Gasteiger partial charge in [0.1, 0.15) is 18.1 Å². The van der Waals surface area contributed by atoms with Crippen molar-refractivity contribution in [3.05, 3.63) is 59.7 Å². The molecule has 160 valence electrons. The summed E-state index contributed by atoms with van der Waals surface area (Å²) in [6.07, 6.45) is -3.66. The molecular weight excluding hydrogens is 388 g/mol. The summed E-state index contributed by atoms with van der Waals surface area (Å²) in [6, 6.07) is 13.9. The van der Waals surface area contributed by atoms with E-state index in [2.05, 4.69) is 0 Å². The number of hydrogen-bond acceptors (Lipinski definition) is 3. The molecule has 2 rings (SSSR count). The Balaban J connectivity index is 2.05. The maximum absolute atomic E-state index is 13.0. The third-order valence-electron chi connectivity index (χ3n) is 4.82. The van der Waals surface area contributed by atoms with Crippen LogP contribution in [0.15, 0.2) is 48.5 Å². The van der Waals surface area contributed by atoms with Gasteiger partial charge in [-0.25, -0.2) is 8.78 Å². The number of benzene rings is 2. The summed E-state index contributed by atoms with van der Waals surface area (Å²) >= 11 is 0. The van der Waals surface area contributed by atoms with Gasteiger partial charge in [0.25, 0.3) is 0 Å². The minimum Gasteiger partial charge on any atom is -0.491 e. The van der Waals surface area contributed by atoms with Gasteiger partial charge in [-0.1, -0.05) is 45.0 Å². The van der Waals surface area contributed by atoms with Gasteiger partial charge in [0, 0.05) is 5.41 Å². The topological polar surface area (TPSA) is 38.7 Å². The van der Waals surface area contributed by atoms with Gasteiger partial charge >= 0.3 is 12.3 Å². The molecule has 0 aliphatic carbocycles. The van der Waals surface area contributed by atoms with Gasteiger partial charge in [0.15, 0.2) is 6.61 Å². The van der Waals surface area contributed by atoms with Crippen LogP contribution in [0.1, 0.15) is 38.3 Å². The number of aliphatic hydroxyl groups is 1. The molecule has 1 unspecified atom stereocenters. The van der Waals surface area contributed by atoms with Crippen LogP contribution in [0.5, 0.6) is 11.5 Å². The lowest BCUT2D eigenvalue weighted by atomic mass is 9.78. The van der Waals surface area contributed by atoms with Crippen LogP contribution in [0.25, 0.3) is 0 Å². The Morgan fingerprint density at radius 2 is 1.31 bits per heavy atom. The number of ether oxygens (including phenoxy) is 2. The smallest absolute Gasteiger partial charge is 0.340 e. The van der Waals surface area contributed by atoms with Crippen LogP contribution in [0, 0.1) is 0 Å². The number of halogens is 4. The maximum atomic E-state index is 13.0. The van der Waals surface area contributed by atoms with Gasteiger partial charge in [0.2, 0.25) is 0 Å². The Bertz CT molecular complexity index is 759. The number of hydrogen-bond donors (Lipinski definition) is 1. The lowest BCUT2D eigenvalue weighted by Crippen LogP contribution is -2.33. The molecule has 2 aromatic rings. The van der Waals surface area contributed by atoms with Gasteiger partial charge in [-0.05, 0) is 41.8 Å². The van der Waals surface area contributed by atoms with Crippen molar-refractivity contribution in [3.63, 3.8) is 0 Å². The number of rotatable bonds is 10. The van der Waals surface area contributed by atoms with Crippen molar-refractivity contribution in [1.29, 1.82) is 0 Å². The third-order valence-corrected chi connectivity index (χ3v) is 4.82. The van der Waals surface area contributed by atoms with Crippen molar-refractivity contribution in [2.45, 2.75) is 51.1 Å². The van der Waals surface area contributed by atoms with Crippen molar-refractivity contribution >= 4 is 0 Å². The van der Waals surface area contributed by atoms with E-state index in [9.17, 15) is 22.7 Å². The maximum Gasteiger partial charge on any atom is 0.340 e. The number of alkyl halides is 4. The predicted molar refractivity (Wildman–Crippen MR) is 103 cm³/mol. The molecule has 0 amide bonds. The van der Waals surface area contributed by atoms with E-state index in [-0.39, 0.29) is 12.4 Å². The largest absolute Gasteiger partial charge is 0.491 e. The molecule has 0 spiro atoms. The fraction of sp³-hybridized carbons (Fsp3) is 0.455. The Labute approximate surface area is 168 Å². The molecule has 7 heteroatoms. The SMILES string of the molecule is CCC(O)COc1ccc(C(C)(C)c2ccc(OCC(F)(F)C(F)F)cc2)cc1. The van der Waals surface area contributed by atoms with Crippen molar-refractivity contribution in [2.75, 3.05) is 13.2 Å². The molecule has 0 bridgehead atoms. The standard InChI is InChI=1S/C22H26F4O3/c1-4-17(27)13-28-18-9-5-15(6-10-18)21(2,3)16-7-11-19(12-8-16)29-14-22(25,26)20(23)24/h5-12,17,20,27H,4,13-14H2,1-3H3. The zero-order chi connectivity index (χ0) is 21.7. The molecule has 0 aliphatic heterocycles. The molecule has 29 heavy (non-hydrogen) atoms. The lowest BCUT2D eigenvalue weighted by Gasteiger charge is -2.26. The van der Waals surface area contributed by atoms with Crippen LogP contribution in [-0.2, 0) is 5.41 Å². The van der Waals surface area contributed by atoms with E-state index in [4.69, 9.17) is 9.47 Å². The first-order valence-corrected chi connectivity index (χ1v) is 9.37. The summed E-state index contributed by atoms with van der Waals surface area (Å²) in [5.41, 5.74) is 1.51. The minimum absolute atomic E-state index is 0.100. The second-order valence-electron chi connectivity index (χ2n) is 7.40. The van der Waals surface area contributed by atoms with Gasteiger partial charge in [0.05, 0.1) is 6.10 Å². The summed E-state index contributed by atoms with van der Waals surface area (Å²) in [7, 11) is 0. The van der Waals surface area contributed by atoms with Gasteiger partial charge in [-0.2, -0.15) is 8.78 Å². The van der Waals surface area contributed by atoms with Crippen LogP contribution in [0.2, 0.25) is 0 Å². The Hall–Kier alpha value is -2.28. The quantitative estimate of drug-likeness (QED) is 0.526. The highest BCUT2D eigenvalue weighted by Gasteiger charge is 2.41. The lowest BCUT2D eigenvalue weighted by molar-refractivity contribution is -0.148. The van der Waals surface area contributed by atoms with Crippen molar-refractivity contribution in [3.8, 4) is 11.5 Å². The van der Waals surface area contributed by atoms with E-state index in [1.807, 2.05) is 45.0 Å². The minimum atomic E-state index is -4.19. The van der Waals surface area contributed by atoms with Crippen LogP contribution >= 0.6 is 0 Å². The van der Waals surface area contributed by atoms with Crippen molar-refractivity contribution in [2.24, 2.45) is 0 Å². The van der Waals surface area contributed by atoms with E-state index in [1.54, 1.807) is 12.1 Å². The van der Waals surface area contributed by atoms with Gasteiger partial charge in [-0.3, -0.25) is 0 Å². The van der Waals surface area contributed by atoms with Crippen LogP contribution in [0.4, 0.5) is 17.6 Å². The summed E-state index contributed by atoms with van der Waals surface area (Å²) in [5, 5.41) is 9.57. The van der Waals surface area contributed by atoms with Gasteiger partial charge < -0.3 is 14.6 Å². The first-order valence-electron chi connectivity index (χ1n) is 9.37. The Morgan fingerprint density at radius 3 is 1.72 bits per heavy atom. The zero-order valence-electron chi connectivity index (χ0n) is 16.7. The average molecular weight is 414 g/mol. The molecule has 1 atom stereocenters. The first kappa shape index (κ1) is 23.0. The second kappa shape index (κ2) is 9.48. The molecule has 1 N–H and O–H groups in total. The fourth-order valence-corrected chi connectivity index (χ4v) is 2.66. The number of aliphatic hydroxyl groups excluding tert-OH is 1. The molecule has 0 aromatic heterocycles. The van der Waals surface area contributed by atoms with Gasteiger partial charge in [-0.15, -0.1) is 0 Å². The molecule has 0 heterocycles. The third kappa shape index (κ3) is 6.10. The van der Waals surface area contributed by atoms with E-state index in [0.717, 1.165) is 11.1 Å². The zero-order valence-corrected chi connectivity index (χ0v) is 16.7. The monoisotopic (exact) mass is 414 g/mol. The predicted octanol–water partition coefficient (Wildman–Crippen LogP) is 5.44. The average Bonchev–Trinajstić information content (AvgIpc) is 2.71. The van der Waals surface area contributed by atoms with E-state index >= 15 is 0 Å². The van der Waals surface area contributed by atoms with E-state index < -0.39 is 30.5 Å². The molecule has 2 aromatic carbocycles. The van der Waals surface area contributed by atoms with Crippen molar-refractivity contribution in [1.82, 2.24) is 0 Å². The summed E-state index contributed by atoms with van der Waals surface area (Å²) in [6.45, 7) is 4.74. The van der Waals surface area contributed by atoms with Crippen LogP contribution < -0.4 is 9.47 Å². The van der Waals surface area contributed by atoms with E-state index in [1.165, 1.54) is 12.1 Å². The molecule has 0 saturated carbocycles. The summed E-state index contributed by atoms with van der Waals surface area (Å²) < 4.78 is 60.7. The summed E-state index contributed by atoms with van der Waals surface area (Å²) in [5.74, 6) is -3.43. The first-order chi connectivity index (χ1) is 13.6. The second-order valence-corrected chi connectivity index (χ2v) is 7.40. The molecule has 3 nitrogen and oxygen atoms in total. The van der Waals surface area contributed by atoms with E-state index in [0.29, 0.717) is 12.2 Å². The highest BCUT2D eigenvalue weighted by atomic mass is 19.3. The highest BCUT2D eigenvalue weighted by Crippen LogP contribution is 2.33. The molecule has 0 fully saturated rings. The Morgan fingerprint density at radius 1 is 0.862 bits per heavy atom. The molecular formula is C22H26F4O3. The molecule has 0 aliphatic rings. The highest BCUT2D eigenvalue weighted by molar-refractivity contribution is 5.41. The Kier molecular flexibility index (Phi) is 7.52. The van der Waals surface area contributed by atoms with Crippen LogP contribution in [-0.4, -0.2) is 36.8 Å². The normalized spacial score (nSPS) is 13.4. The molecule has 0 radical (unpaired) electrons. The molecule has 0 saturated heterocycles. The van der Waals surface area contributed by atoms with Crippen molar-refractivity contribution < 1.29 is 32.1 Å². The summed E-state index contributed by atoms with van der Waals surface area (Å²) in [4.78, 5) is 0. The fourth-order valence-electron chi connectivity index (χ4n) is 2.66. The van der Waals surface area contributed by atoms with Crippen LogP contribution in [0.3, 0.4) is 0 Å².